The third kappa shape index (κ3) is 3.04. The van der Waals surface area contributed by atoms with Gasteiger partial charge in [0, 0.05) is 31.0 Å². The molecule has 3 N–H and O–H groups in total. The molecule has 0 saturated heterocycles. The number of anilines is 1. The minimum Gasteiger partial charge on any atom is -0.496 e. The van der Waals surface area contributed by atoms with Crippen molar-refractivity contribution in [3.05, 3.63) is 41.7 Å². The number of methoxy groups -OCH3 is 1. The van der Waals surface area contributed by atoms with E-state index in [0.717, 1.165) is 5.56 Å². The molecule has 0 aliphatic rings. The third-order valence-electron chi connectivity index (χ3n) is 2.68. The van der Waals surface area contributed by atoms with Gasteiger partial charge in [-0.1, -0.05) is 0 Å². The van der Waals surface area contributed by atoms with E-state index in [2.05, 4.69) is 10.4 Å². The highest BCUT2D eigenvalue weighted by molar-refractivity contribution is 5.97. The van der Waals surface area contributed by atoms with Crippen molar-refractivity contribution in [1.82, 2.24) is 15.1 Å². The molecule has 1 aromatic heterocycles. The first-order valence-corrected chi connectivity index (χ1v) is 5.79. The van der Waals surface area contributed by atoms with Crippen LogP contribution in [0.3, 0.4) is 0 Å². The Kier molecular flexibility index (Phi) is 3.70. The Balaban J connectivity index is 2.09. The lowest BCUT2D eigenvalue weighted by molar-refractivity contribution is 0.0948. The lowest BCUT2D eigenvalue weighted by Crippen LogP contribution is -2.23. The summed E-state index contributed by atoms with van der Waals surface area (Å²) in [5.41, 5.74) is 7.55. The molecular weight excluding hydrogens is 244 g/mol. The first-order valence-electron chi connectivity index (χ1n) is 5.79. The summed E-state index contributed by atoms with van der Waals surface area (Å²) in [6, 6.07) is 4.96. The minimum absolute atomic E-state index is 0.229. The van der Waals surface area contributed by atoms with Crippen LogP contribution in [-0.4, -0.2) is 22.8 Å². The van der Waals surface area contributed by atoms with Crippen molar-refractivity contribution in [1.29, 1.82) is 0 Å². The van der Waals surface area contributed by atoms with Crippen molar-refractivity contribution in [2.24, 2.45) is 7.05 Å². The van der Waals surface area contributed by atoms with Gasteiger partial charge < -0.3 is 15.8 Å². The van der Waals surface area contributed by atoms with Crippen LogP contribution in [0, 0.1) is 0 Å². The SMILES string of the molecule is COc1ccc(N)cc1C(=O)NCc1cnn(C)c1. The quantitative estimate of drug-likeness (QED) is 0.801. The van der Waals surface area contributed by atoms with E-state index >= 15 is 0 Å². The molecule has 6 heteroatoms. The number of ether oxygens (including phenoxy) is 1. The Morgan fingerprint density at radius 2 is 2.32 bits per heavy atom. The number of aromatic nitrogens is 2. The summed E-state index contributed by atoms with van der Waals surface area (Å²) < 4.78 is 6.83. The first kappa shape index (κ1) is 12.9. The smallest absolute Gasteiger partial charge is 0.255 e. The molecule has 0 radical (unpaired) electrons. The summed E-state index contributed by atoms with van der Waals surface area (Å²) in [6.07, 6.45) is 3.55. The molecule has 0 aliphatic carbocycles. The van der Waals surface area contributed by atoms with Crippen LogP contribution in [0.4, 0.5) is 5.69 Å². The number of rotatable bonds is 4. The maximum Gasteiger partial charge on any atom is 0.255 e. The minimum atomic E-state index is -0.229. The summed E-state index contributed by atoms with van der Waals surface area (Å²) in [4.78, 5) is 12.1. The van der Waals surface area contributed by atoms with Gasteiger partial charge in [-0.3, -0.25) is 9.48 Å². The molecule has 0 unspecified atom stereocenters. The second-order valence-corrected chi connectivity index (χ2v) is 4.16. The zero-order chi connectivity index (χ0) is 13.8. The maximum absolute atomic E-state index is 12.1. The molecule has 1 heterocycles. The zero-order valence-electron chi connectivity index (χ0n) is 10.9. The number of nitrogens with zero attached hydrogens (tertiary/aromatic N) is 2. The molecule has 0 aliphatic heterocycles. The van der Waals surface area contributed by atoms with Gasteiger partial charge in [-0.15, -0.1) is 0 Å². The number of nitrogens with two attached hydrogens (primary N) is 1. The lowest BCUT2D eigenvalue weighted by atomic mass is 10.1. The Morgan fingerprint density at radius 1 is 1.53 bits per heavy atom. The monoisotopic (exact) mass is 260 g/mol. The third-order valence-corrected chi connectivity index (χ3v) is 2.68. The Labute approximate surface area is 111 Å². The average molecular weight is 260 g/mol. The number of carbonyl (C=O) groups is 1. The molecule has 2 rings (SSSR count). The highest BCUT2D eigenvalue weighted by atomic mass is 16.5. The van der Waals surface area contributed by atoms with E-state index in [9.17, 15) is 4.79 Å². The van der Waals surface area contributed by atoms with Crippen LogP contribution in [0.1, 0.15) is 15.9 Å². The van der Waals surface area contributed by atoms with Gasteiger partial charge in [0.15, 0.2) is 0 Å². The van der Waals surface area contributed by atoms with E-state index in [1.165, 1.54) is 7.11 Å². The van der Waals surface area contributed by atoms with E-state index in [-0.39, 0.29) is 5.91 Å². The topological polar surface area (TPSA) is 82.2 Å². The Hall–Kier alpha value is -2.50. The van der Waals surface area contributed by atoms with E-state index < -0.39 is 0 Å². The van der Waals surface area contributed by atoms with Crippen LogP contribution >= 0.6 is 0 Å². The van der Waals surface area contributed by atoms with Gasteiger partial charge in [0.2, 0.25) is 0 Å². The fraction of sp³-hybridized carbons (Fsp3) is 0.231. The van der Waals surface area contributed by atoms with E-state index in [1.54, 1.807) is 29.1 Å². The van der Waals surface area contributed by atoms with Gasteiger partial charge >= 0.3 is 0 Å². The number of hydrogen-bond acceptors (Lipinski definition) is 4. The van der Waals surface area contributed by atoms with Crippen LogP contribution in [-0.2, 0) is 13.6 Å². The fourth-order valence-electron chi connectivity index (χ4n) is 1.74. The molecule has 0 saturated carbocycles. The summed E-state index contributed by atoms with van der Waals surface area (Å²) >= 11 is 0. The molecule has 6 nitrogen and oxygen atoms in total. The number of hydrogen-bond donors (Lipinski definition) is 2. The van der Waals surface area contributed by atoms with Crippen molar-refractivity contribution in [3.8, 4) is 5.75 Å². The van der Waals surface area contributed by atoms with E-state index in [0.29, 0.717) is 23.5 Å². The summed E-state index contributed by atoms with van der Waals surface area (Å²) in [7, 11) is 3.34. The predicted octanol–water partition coefficient (Wildman–Crippen LogP) is 0.941. The zero-order valence-corrected chi connectivity index (χ0v) is 10.9. The Bertz CT molecular complexity index is 592. The van der Waals surface area contributed by atoms with Crippen molar-refractivity contribution < 1.29 is 9.53 Å². The molecule has 0 bridgehead atoms. The normalized spacial score (nSPS) is 10.2. The molecule has 0 atom stereocenters. The molecule has 19 heavy (non-hydrogen) atoms. The number of benzene rings is 1. The maximum atomic E-state index is 12.1. The van der Waals surface area contributed by atoms with Gasteiger partial charge in [0.1, 0.15) is 5.75 Å². The molecule has 0 fully saturated rings. The molecule has 0 spiro atoms. The largest absolute Gasteiger partial charge is 0.496 e. The number of aryl methyl sites for hydroxylation is 1. The van der Waals surface area contributed by atoms with Gasteiger partial charge in [0.05, 0.1) is 18.9 Å². The lowest BCUT2D eigenvalue weighted by Gasteiger charge is -2.09. The van der Waals surface area contributed by atoms with Crippen molar-refractivity contribution in [2.75, 3.05) is 12.8 Å². The first-order chi connectivity index (χ1) is 9.10. The summed E-state index contributed by atoms with van der Waals surface area (Å²) in [5, 5.41) is 6.84. The average Bonchev–Trinajstić information content (AvgIpc) is 2.81. The fourth-order valence-corrected chi connectivity index (χ4v) is 1.74. The van der Waals surface area contributed by atoms with Crippen molar-refractivity contribution in [2.45, 2.75) is 6.54 Å². The number of nitrogen functional groups attached to an aromatic ring is 1. The van der Waals surface area contributed by atoms with Crippen molar-refractivity contribution >= 4 is 11.6 Å². The Morgan fingerprint density at radius 3 is 2.95 bits per heavy atom. The molecule has 100 valence electrons. The molecule has 2 aromatic rings. The van der Waals surface area contributed by atoms with Crippen LogP contribution in [0.15, 0.2) is 30.6 Å². The highest BCUT2D eigenvalue weighted by Gasteiger charge is 2.12. The summed E-state index contributed by atoms with van der Waals surface area (Å²) in [5.74, 6) is 0.269. The van der Waals surface area contributed by atoms with Gasteiger partial charge in [0.25, 0.3) is 5.91 Å². The number of nitrogens with one attached hydrogen (secondary N) is 1. The molecular formula is C13H16N4O2. The van der Waals surface area contributed by atoms with E-state index in [1.807, 2.05) is 13.2 Å². The number of amides is 1. The van der Waals surface area contributed by atoms with Crippen LogP contribution in [0.25, 0.3) is 0 Å². The van der Waals surface area contributed by atoms with E-state index in [4.69, 9.17) is 10.5 Å². The number of carbonyl (C=O) groups excluding carboxylic acids is 1. The molecule has 1 aromatic carbocycles. The molecule has 1 amide bonds. The standard InChI is InChI=1S/C13H16N4O2/c1-17-8-9(7-16-17)6-15-13(18)11-5-10(14)3-4-12(11)19-2/h3-5,7-8H,6,14H2,1-2H3,(H,15,18). The van der Waals surface area contributed by atoms with Crippen LogP contribution in [0.2, 0.25) is 0 Å². The predicted molar refractivity (Wildman–Crippen MR) is 71.8 cm³/mol. The second-order valence-electron chi connectivity index (χ2n) is 4.16. The van der Waals surface area contributed by atoms with Crippen LogP contribution < -0.4 is 15.8 Å². The van der Waals surface area contributed by atoms with Gasteiger partial charge in [-0.2, -0.15) is 5.10 Å². The van der Waals surface area contributed by atoms with Crippen molar-refractivity contribution in [3.63, 3.8) is 0 Å². The van der Waals surface area contributed by atoms with Gasteiger partial charge in [-0.05, 0) is 18.2 Å². The summed E-state index contributed by atoms with van der Waals surface area (Å²) in [6.45, 7) is 0.407. The van der Waals surface area contributed by atoms with Gasteiger partial charge in [-0.25, -0.2) is 0 Å². The van der Waals surface area contributed by atoms with Crippen LogP contribution in [0.5, 0.6) is 5.75 Å². The second kappa shape index (κ2) is 5.43. The highest BCUT2D eigenvalue weighted by Crippen LogP contribution is 2.20.